The van der Waals surface area contributed by atoms with E-state index in [0.29, 0.717) is 21.3 Å². The molecular formula is C14H12BrN3O2S. The van der Waals surface area contributed by atoms with Crippen LogP contribution in [0.3, 0.4) is 0 Å². The SMILES string of the molecule is N#Cc1cccc(CNS(=O)(=O)c2ccc(Br)c(N)c2)c1. The molecule has 0 fully saturated rings. The molecule has 0 saturated carbocycles. The third-order valence-electron chi connectivity index (χ3n) is 2.80. The zero-order valence-electron chi connectivity index (χ0n) is 10.9. The number of benzene rings is 2. The Morgan fingerprint density at radius 1 is 1.24 bits per heavy atom. The summed E-state index contributed by atoms with van der Waals surface area (Å²) in [5, 5.41) is 8.82. The van der Waals surface area contributed by atoms with Gasteiger partial charge < -0.3 is 5.73 Å². The maximum atomic E-state index is 12.2. The van der Waals surface area contributed by atoms with Gasteiger partial charge in [-0.15, -0.1) is 0 Å². The molecule has 3 N–H and O–H groups in total. The van der Waals surface area contributed by atoms with Crippen molar-refractivity contribution in [3.05, 3.63) is 58.1 Å². The Bertz CT molecular complexity index is 813. The van der Waals surface area contributed by atoms with Gasteiger partial charge in [-0.05, 0) is 51.8 Å². The van der Waals surface area contributed by atoms with E-state index in [1.165, 1.54) is 12.1 Å². The summed E-state index contributed by atoms with van der Waals surface area (Å²) >= 11 is 3.22. The first-order chi connectivity index (χ1) is 9.92. The van der Waals surface area contributed by atoms with Crippen LogP contribution in [0.1, 0.15) is 11.1 Å². The van der Waals surface area contributed by atoms with Gasteiger partial charge in [-0.25, -0.2) is 13.1 Å². The van der Waals surface area contributed by atoms with Crippen LogP contribution in [0, 0.1) is 11.3 Å². The molecule has 5 nitrogen and oxygen atoms in total. The van der Waals surface area contributed by atoms with E-state index >= 15 is 0 Å². The van der Waals surface area contributed by atoms with E-state index in [0.717, 1.165) is 0 Å². The number of nitriles is 1. The summed E-state index contributed by atoms with van der Waals surface area (Å²) in [6.07, 6.45) is 0. The van der Waals surface area contributed by atoms with E-state index in [9.17, 15) is 8.42 Å². The lowest BCUT2D eigenvalue weighted by Crippen LogP contribution is -2.23. The minimum Gasteiger partial charge on any atom is -0.398 e. The fourth-order valence-electron chi connectivity index (χ4n) is 1.70. The first-order valence-corrected chi connectivity index (χ1v) is 8.24. The predicted molar refractivity (Wildman–Crippen MR) is 83.7 cm³/mol. The van der Waals surface area contributed by atoms with Crippen molar-refractivity contribution in [2.75, 3.05) is 5.73 Å². The van der Waals surface area contributed by atoms with Gasteiger partial charge in [0.1, 0.15) is 0 Å². The highest BCUT2D eigenvalue weighted by Gasteiger charge is 2.14. The third-order valence-corrected chi connectivity index (χ3v) is 4.92. The summed E-state index contributed by atoms with van der Waals surface area (Å²) in [6, 6.07) is 13.2. The van der Waals surface area contributed by atoms with E-state index in [4.69, 9.17) is 11.0 Å². The first-order valence-electron chi connectivity index (χ1n) is 5.96. The maximum absolute atomic E-state index is 12.2. The molecule has 2 aromatic rings. The molecule has 0 unspecified atom stereocenters. The van der Waals surface area contributed by atoms with Crippen LogP contribution in [0.2, 0.25) is 0 Å². The second-order valence-corrected chi connectivity index (χ2v) is 6.94. The van der Waals surface area contributed by atoms with Crippen LogP contribution in [-0.2, 0) is 16.6 Å². The number of nitrogens with two attached hydrogens (primary N) is 1. The molecule has 7 heteroatoms. The van der Waals surface area contributed by atoms with Crippen molar-refractivity contribution >= 4 is 31.6 Å². The van der Waals surface area contributed by atoms with Crippen LogP contribution in [0.25, 0.3) is 0 Å². The Labute approximate surface area is 131 Å². The van der Waals surface area contributed by atoms with Crippen LogP contribution in [0.4, 0.5) is 5.69 Å². The molecule has 0 atom stereocenters. The molecule has 21 heavy (non-hydrogen) atoms. The van der Waals surface area contributed by atoms with Gasteiger partial charge in [0.2, 0.25) is 10.0 Å². The van der Waals surface area contributed by atoms with Crippen LogP contribution in [-0.4, -0.2) is 8.42 Å². The maximum Gasteiger partial charge on any atom is 0.240 e. The minimum absolute atomic E-state index is 0.0969. The lowest BCUT2D eigenvalue weighted by atomic mass is 10.1. The lowest BCUT2D eigenvalue weighted by molar-refractivity contribution is 0.581. The van der Waals surface area contributed by atoms with Crippen LogP contribution >= 0.6 is 15.9 Å². The molecule has 0 radical (unpaired) electrons. The minimum atomic E-state index is -3.65. The number of nitrogens with one attached hydrogen (secondary N) is 1. The van der Waals surface area contributed by atoms with Crippen molar-refractivity contribution in [2.24, 2.45) is 0 Å². The molecule has 2 aromatic carbocycles. The Hall–Kier alpha value is -1.88. The number of nitrogen functional groups attached to an aromatic ring is 1. The Kier molecular flexibility index (Phi) is 4.63. The molecule has 0 spiro atoms. The second-order valence-electron chi connectivity index (χ2n) is 4.32. The van der Waals surface area contributed by atoms with Crippen molar-refractivity contribution < 1.29 is 8.42 Å². The zero-order valence-corrected chi connectivity index (χ0v) is 13.3. The predicted octanol–water partition coefficient (Wildman–Crippen LogP) is 2.38. The number of nitrogens with zero attached hydrogens (tertiary/aromatic N) is 1. The molecule has 0 aliphatic heterocycles. The average molecular weight is 366 g/mol. The second kappa shape index (κ2) is 6.26. The molecule has 0 bridgehead atoms. The molecule has 108 valence electrons. The number of halogens is 1. The fourth-order valence-corrected chi connectivity index (χ4v) is 3.00. The molecule has 2 rings (SSSR count). The highest BCUT2D eigenvalue weighted by molar-refractivity contribution is 9.10. The first kappa shape index (κ1) is 15.5. The van der Waals surface area contributed by atoms with Crippen LogP contribution in [0.5, 0.6) is 0 Å². The molecule has 0 heterocycles. The summed E-state index contributed by atoms with van der Waals surface area (Å²) in [5.74, 6) is 0. The lowest BCUT2D eigenvalue weighted by Gasteiger charge is -2.08. The average Bonchev–Trinajstić information content (AvgIpc) is 2.48. The van der Waals surface area contributed by atoms with E-state index in [1.54, 1.807) is 30.3 Å². The van der Waals surface area contributed by atoms with Crippen molar-refractivity contribution in [2.45, 2.75) is 11.4 Å². The van der Waals surface area contributed by atoms with Gasteiger partial charge in [0.25, 0.3) is 0 Å². The van der Waals surface area contributed by atoms with Gasteiger partial charge in [-0.1, -0.05) is 12.1 Å². The monoisotopic (exact) mass is 365 g/mol. The Morgan fingerprint density at radius 3 is 2.67 bits per heavy atom. The molecular weight excluding hydrogens is 354 g/mol. The van der Waals surface area contributed by atoms with E-state index in [1.807, 2.05) is 6.07 Å². The van der Waals surface area contributed by atoms with Gasteiger partial charge in [0.05, 0.1) is 16.5 Å². The van der Waals surface area contributed by atoms with Gasteiger partial charge >= 0.3 is 0 Å². The van der Waals surface area contributed by atoms with Crippen molar-refractivity contribution in [3.8, 4) is 6.07 Å². The highest BCUT2D eigenvalue weighted by Crippen LogP contribution is 2.22. The fraction of sp³-hybridized carbons (Fsp3) is 0.0714. The van der Waals surface area contributed by atoms with E-state index in [-0.39, 0.29) is 11.4 Å². The Morgan fingerprint density at radius 2 is 2.00 bits per heavy atom. The molecule has 0 aliphatic rings. The van der Waals surface area contributed by atoms with E-state index in [2.05, 4.69) is 20.7 Å². The van der Waals surface area contributed by atoms with Crippen molar-refractivity contribution in [1.82, 2.24) is 4.72 Å². The van der Waals surface area contributed by atoms with Gasteiger partial charge in [-0.2, -0.15) is 5.26 Å². The number of anilines is 1. The summed E-state index contributed by atoms with van der Waals surface area (Å²) < 4.78 is 27.5. The normalized spacial score (nSPS) is 11.0. The van der Waals surface area contributed by atoms with Gasteiger partial charge in [0.15, 0.2) is 0 Å². The Balaban J connectivity index is 2.17. The van der Waals surface area contributed by atoms with Gasteiger partial charge in [0, 0.05) is 16.7 Å². The molecule has 0 saturated heterocycles. The highest BCUT2D eigenvalue weighted by atomic mass is 79.9. The molecule has 0 aliphatic carbocycles. The molecule has 0 amide bonds. The number of sulfonamides is 1. The number of hydrogen-bond acceptors (Lipinski definition) is 4. The van der Waals surface area contributed by atoms with Gasteiger partial charge in [-0.3, -0.25) is 0 Å². The number of hydrogen-bond donors (Lipinski definition) is 2. The molecule has 0 aromatic heterocycles. The topological polar surface area (TPSA) is 96.0 Å². The van der Waals surface area contributed by atoms with Crippen LogP contribution in [0.15, 0.2) is 51.8 Å². The summed E-state index contributed by atoms with van der Waals surface area (Å²) in [4.78, 5) is 0.0969. The van der Waals surface area contributed by atoms with Crippen LogP contribution < -0.4 is 10.5 Å². The van der Waals surface area contributed by atoms with E-state index < -0.39 is 10.0 Å². The third kappa shape index (κ3) is 3.82. The summed E-state index contributed by atoms with van der Waals surface area (Å²) in [5.41, 5.74) is 7.24. The zero-order chi connectivity index (χ0) is 15.5. The van der Waals surface area contributed by atoms with Crippen molar-refractivity contribution in [1.29, 1.82) is 5.26 Å². The van der Waals surface area contributed by atoms with Crippen molar-refractivity contribution in [3.63, 3.8) is 0 Å². The smallest absolute Gasteiger partial charge is 0.240 e. The standard InChI is InChI=1S/C14H12BrN3O2S/c15-13-5-4-12(7-14(13)17)21(19,20)18-9-11-3-1-2-10(6-11)8-16/h1-7,18H,9,17H2. The summed E-state index contributed by atoms with van der Waals surface area (Å²) in [6.45, 7) is 0.105. The quantitative estimate of drug-likeness (QED) is 0.812. The largest absolute Gasteiger partial charge is 0.398 e. The summed E-state index contributed by atoms with van der Waals surface area (Å²) in [7, 11) is -3.65. The number of rotatable bonds is 4.